The highest BCUT2D eigenvalue weighted by atomic mass is 16.2. The molecule has 6 heteroatoms. The summed E-state index contributed by atoms with van der Waals surface area (Å²) in [7, 11) is 0. The van der Waals surface area contributed by atoms with Crippen LogP contribution in [0.5, 0.6) is 0 Å². The Morgan fingerprint density at radius 1 is 0.880 bits per heavy atom. The molecule has 3 rings (SSSR count). The first-order valence-corrected chi connectivity index (χ1v) is 7.91. The van der Waals surface area contributed by atoms with Crippen LogP contribution in [-0.4, -0.2) is 15.9 Å². The van der Waals surface area contributed by atoms with Crippen molar-refractivity contribution in [2.45, 2.75) is 13.8 Å². The van der Waals surface area contributed by atoms with Gasteiger partial charge >= 0.3 is 0 Å². The van der Waals surface area contributed by atoms with Gasteiger partial charge in [-0.3, -0.25) is 15.6 Å². The summed E-state index contributed by atoms with van der Waals surface area (Å²) in [6.45, 7) is 3.75. The van der Waals surface area contributed by atoms with E-state index in [-0.39, 0.29) is 5.91 Å². The minimum Gasteiger partial charge on any atom is -0.355 e. The molecule has 0 aliphatic heterocycles. The highest BCUT2D eigenvalue weighted by Gasteiger charge is 2.11. The number of amides is 1. The Labute approximate surface area is 146 Å². The molecule has 1 amide bonds. The third-order valence-electron chi connectivity index (χ3n) is 3.49. The van der Waals surface area contributed by atoms with Gasteiger partial charge in [0.15, 0.2) is 0 Å². The highest BCUT2D eigenvalue weighted by Crippen LogP contribution is 2.20. The number of hydrogen-bond donors (Lipinski definition) is 3. The molecule has 3 aromatic rings. The number of carbonyl (C=O) groups excluding carboxylic acids is 1. The van der Waals surface area contributed by atoms with Crippen molar-refractivity contribution in [1.29, 1.82) is 0 Å². The van der Waals surface area contributed by atoms with Crippen molar-refractivity contribution in [3.63, 3.8) is 0 Å². The number of nitrogens with zero attached hydrogens (tertiary/aromatic N) is 2. The van der Waals surface area contributed by atoms with Crippen LogP contribution >= 0.6 is 0 Å². The molecule has 3 N–H and O–H groups in total. The molecule has 0 aliphatic carbocycles. The van der Waals surface area contributed by atoms with Crippen molar-refractivity contribution in [1.82, 2.24) is 15.4 Å². The van der Waals surface area contributed by atoms with Crippen molar-refractivity contribution in [2.75, 3.05) is 10.7 Å². The number of rotatable bonds is 5. The number of aromatic nitrogens is 2. The zero-order valence-corrected chi connectivity index (χ0v) is 14.1. The lowest BCUT2D eigenvalue weighted by molar-refractivity contribution is 0.0963. The smallest absolute Gasteiger partial charge is 0.271 e. The van der Waals surface area contributed by atoms with Crippen molar-refractivity contribution >= 4 is 23.2 Å². The molecule has 0 unspecified atom stereocenters. The van der Waals surface area contributed by atoms with Crippen LogP contribution in [-0.2, 0) is 0 Å². The van der Waals surface area contributed by atoms with E-state index in [1.165, 1.54) is 0 Å². The van der Waals surface area contributed by atoms with E-state index in [2.05, 4.69) is 26.1 Å². The average Bonchev–Trinajstić information content (AvgIpc) is 2.60. The minimum absolute atomic E-state index is 0.276. The van der Waals surface area contributed by atoms with Gasteiger partial charge in [0.25, 0.3) is 5.91 Å². The van der Waals surface area contributed by atoms with Crippen LogP contribution in [0.15, 0.2) is 60.7 Å². The fourth-order valence-corrected chi connectivity index (χ4v) is 2.43. The van der Waals surface area contributed by atoms with Crippen LogP contribution in [0.4, 0.5) is 17.3 Å². The molecule has 0 atom stereocenters. The van der Waals surface area contributed by atoms with Crippen LogP contribution in [0.25, 0.3) is 0 Å². The second kappa shape index (κ2) is 7.44. The topological polar surface area (TPSA) is 78.9 Å². The van der Waals surface area contributed by atoms with Gasteiger partial charge in [-0.15, -0.1) is 0 Å². The van der Waals surface area contributed by atoms with Crippen molar-refractivity contribution in [2.24, 2.45) is 0 Å². The Morgan fingerprint density at radius 2 is 1.52 bits per heavy atom. The number of hydrogen-bond acceptors (Lipinski definition) is 5. The predicted octanol–water partition coefficient (Wildman–Crippen LogP) is 3.59. The molecule has 126 valence electrons. The quantitative estimate of drug-likeness (QED) is 0.622. The number of benzene rings is 2. The first-order chi connectivity index (χ1) is 12.1. The van der Waals surface area contributed by atoms with E-state index in [9.17, 15) is 4.79 Å². The van der Waals surface area contributed by atoms with E-state index in [0.717, 1.165) is 17.1 Å². The summed E-state index contributed by atoms with van der Waals surface area (Å²) >= 11 is 0. The van der Waals surface area contributed by atoms with Crippen molar-refractivity contribution in [3.05, 3.63) is 77.6 Å². The molecule has 1 heterocycles. The van der Waals surface area contributed by atoms with Gasteiger partial charge < -0.3 is 5.32 Å². The number of hydrazine groups is 1. The lowest BCUT2D eigenvalue weighted by Gasteiger charge is -2.13. The minimum atomic E-state index is -0.276. The number of para-hydroxylation sites is 2. The second-order valence-electron chi connectivity index (χ2n) is 5.59. The Bertz CT molecular complexity index is 860. The molecular formula is C19H19N5O. The first kappa shape index (κ1) is 16.4. The largest absolute Gasteiger partial charge is 0.355 e. The van der Waals surface area contributed by atoms with Gasteiger partial charge in [-0.2, -0.15) is 0 Å². The number of carbonyl (C=O) groups is 1. The maximum atomic E-state index is 12.5. The van der Waals surface area contributed by atoms with Crippen LogP contribution in [0.1, 0.15) is 21.7 Å². The lowest BCUT2D eigenvalue weighted by Crippen LogP contribution is -2.31. The van der Waals surface area contributed by atoms with Crippen molar-refractivity contribution in [3.8, 4) is 0 Å². The third kappa shape index (κ3) is 4.32. The fourth-order valence-electron chi connectivity index (χ4n) is 2.43. The summed E-state index contributed by atoms with van der Waals surface area (Å²) in [6, 6.07) is 18.9. The molecule has 25 heavy (non-hydrogen) atoms. The molecule has 0 radical (unpaired) electrons. The molecular weight excluding hydrogens is 314 g/mol. The molecule has 0 bridgehead atoms. The van der Waals surface area contributed by atoms with E-state index in [1.807, 2.05) is 68.4 Å². The van der Waals surface area contributed by atoms with Crippen LogP contribution in [0.2, 0.25) is 0 Å². The van der Waals surface area contributed by atoms with Gasteiger partial charge in [-0.25, -0.2) is 9.97 Å². The number of anilines is 3. The van der Waals surface area contributed by atoms with Gasteiger partial charge in [0, 0.05) is 17.1 Å². The number of aryl methyl sites for hydroxylation is 2. The van der Waals surface area contributed by atoms with Gasteiger partial charge in [-0.05, 0) is 44.2 Å². The SMILES string of the molecule is Cc1cc(C)nc(NNC(=O)c2ccccc2Nc2ccccc2)n1. The second-order valence-corrected chi connectivity index (χ2v) is 5.59. The molecule has 0 saturated heterocycles. The predicted molar refractivity (Wildman–Crippen MR) is 98.8 cm³/mol. The molecule has 1 aromatic heterocycles. The Kier molecular flexibility index (Phi) is 4.89. The molecule has 0 saturated carbocycles. The Balaban J connectivity index is 1.74. The number of nitrogens with one attached hydrogen (secondary N) is 3. The molecule has 0 fully saturated rings. The molecule has 6 nitrogen and oxygen atoms in total. The maximum Gasteiger partial charge on any atom is 0.271 e. The van der Waals surface area contributed by atoms with E-state index in [4.69, 9.17) is 0 Å². The summed E-state index contributed by atoms with van der Waals surface area (Å²) in [5.41, 5.74) is 9.21. The maximum absolute atomic E-state index is 12.5. The standard InChI is InChI=1S/C19H19N5O/c1-13-12-14(2)21-19(20-13)24-23-18(25)16-10-6-7-11-17(16)22-15-8-4-3-5-9-15/h3-12,22H,1-2H3,(H,23,25)(H,20,21,24). The average molecular weight is 333 g/mol. The fraction of sp³-hybridized carbons (Fsp3) is 0.105. The zero-order valence-electron chi connectivity index (χ0n) is 14.1. The Hall–Kier alpha value is -3.41. The summed E-state index contributed by atoms with van der Waals surface area (Å²) < 4.78 is 0. The first-order valence-electron chi connectivity index (χ1n) is 7.91. The van der Waals surface area contributed by atoms with Crippen LogP contribution in [0, 0.1) is 13.8 Å². The monoisotopic (exact) mass is 333 g/mol. The third-order valence-corrected chi connectivity index (χ3v) is 3.49. The van der Waals surface area contributed by atoms with E-state index >= 15 is 0 Å². The summed E-state index contributed by atoms with van der Waals surface area (Å²) in [6.07, 6.45) is 0. The van der Waals surface area contributed by atoms with E-state index < -0.39 is 0 Å². The Morgan fingerprint density at radius 3 is 2.24 bits per heavy atom. The summed E-state index contributed by atoms with van der Waals surface area (Å²) in [5.74, 6) is 0.0844. The zero-order chi connectivity index (χ0) is 17.6. The van der Waals surface area contributed by atoms with Gasteiger partial charge in [-0.1, -0.05) is 30.3 Å². The summed E-state index contributed by atoms with van der Waals surface area (Å²) in [4.78, 5) is 21.0. The van der Waals surface area contributed by atoms with Gasteiger partial charge in [0.2, 0.25) is 5.95 Å². The normalized spacial score (nSPS) is 10.2. The highest BCUT2D eigenvalue weighted by molar-refractivity contribution is 6.00. The van der Waals surface area contributed by atoms with E-state index in [1.54, 1.807) is 6.07 Å². The summed E-state index contributed by atoms with van der Waals surface area (Å²) in [5, 5.41) is 3.25. The molecule has 2 aromatic carbocycles. The van der Waals surface area contributed by atoms with Crippen molar-refractivity contribution < 1.29 is 4.79 Å². The molecule has 0 aliphatic rings. The van der Waals surface area contributed by atoms with Gasteiger partial charge in [0.1, 0.15) is 0 Å². The molecule has 0 spiro atoms. The van der Waals surface area contributed by atoms with Gasteiger partial charge in [0.05, 0.1) is 11.3 Å². The van der Waals surface area contributed by atoms with Crippen LogP contribution in [0.3, 0.4) is 0 Å². The lowest BCUT2D eigenvalue weighted by atomic mass is 10.1. The van der Waals surface area contributed by atoms with E-state index in [0.29, 0.717) is 17.2 Å². The van der Waals surface area contributed by atoms with Crippen LogP contribution < -0.4 is 16.2 Å².